The third-order valence-electron chi connectivity index (χ3n) is 6.31. The molecule has 2 N–H and O–H groups in total. The fourth-order valence-electron chi connectivity index (χ4n) is 4.28. The molecule has 4 amide bonds. The number of carbonyl (C=O) groups excluding carboxylic acids is 3. The van der Waals surface area contributed by atoms with E-state index in [2.05, 4.69) is 15.7 Å². The van der Waals surface area contributed by atoms with Gasteiger partial charge in [0, 0.05) is 43.8 Å². The lowest BCUT2D eigenvalue weighted by Crippen LogP contribution is -2.50. The molecule has 0 spiro atoms. The van der Waals surface area contributed by atoms with Crippen LogP contribution in [0.5, 0.6) is 0 Å². The second kappa shape index (κ2) is 11.9. The number of nitrogens with one attached hydrogen (secondary N) is 2. The Morgan fingerprint density at radius 2 is 1.92 bits per heavy atom. The van der Waals surface area contributed by atoms with E-state index in [1.807, 2.05) is 44.2 Å². The van der Waals surface area contributed by atoms with Gasteiger partial charge in [-0.2, -0.15) is 5.10 Å². The third kappa shape index (κ3) is 6.11. The molecule has 1 aliphatic heterocycles. The molecule has 37 heavy (non-hydrogen) atoms. The molecule has 1 aromatic heterocycles. The van der Waals surface area contributed by atoms with Crippen LogP contribution in [0.15, 0.2) is 60.9 Å². The molecule has 1 atom stereocenters. The zero-order valence-electron chi connectivity index (χ0n) is 21.0. The SMILES string of the molecule is CCCCNC(=O)CNC(=O)N1Cc2ccccc2N(C(=O)c2ccc(-n3cccn3)cc2Cl)C[C@H]1C. The van der Waals surface area contributed by atoms with Crippen LogP contribution in [-0.2, 0) is 11.3 Å². The standard InChI is InChI=1S/C27H31ClN6O3/c1-3-4-12-29-25(35)16-30-27(37)32-18-20-8-5-6-9-24(20)33(17-19(32)2)26(36)22-11-10-21(15-23(22)28)34-14-7-13-31-34/h5-11,13-15,19H,3-4,12,16-18H2,1-2H3,(H,29,35)(H,30,37)/t19-/m1/s1. The van der Waals surface area contributed by atoms with Crippen LogP contribution < -0.4 is 15.5 Å². The summed E-state index contributed by atoms with van der Waals surface area (Å²) in [5.74, 6) is -0.483. The monoisotopic (exact) mass is 522 g/mol. The maximum atomic E-state index is 13.7. The Balaban J connectivity index is 1.53. The van der Waals surface area contributed by atoms with Gasteiger partial charge in [0.1, 0.15) is 0 Å². The van der Waals surface area contributed by atoms with E-state index in [0.29, 0.717) is 23.7 Å². The highest BCUT2D eigenvalue weighted by molar-refractivity contribution is 6.34. The van der Waals surface area contributed by atoms with Crippen molar-refractivity contribution < 1.29 is 14.4 Å². The number of fused-ring (bicyclic) bond motifs is 1. The summed E-state index contributed by atoms with van der Waals surface area (Å²) < 4.78 is 1.67. The first-order valence-electron chi connectivity index (χ1n) is 12.4. The van der Waals surface area contributed by atoms with Gasteiger partial charge in [-0.05, 0) is 49.2 Å². The molecule has 0 radical (unpaired) electrons. The molecule has 9 nitrogen and oxygen atoms in total. The van der Waals surface area contributed by atoms with Crippen LogP contribution in [0.25, 0.3) is 5.69 Å². The molecule has 0 aliphatic carbocycles. The van der Waals surface area contributed by atoms with Crippen LogP contribution in [-0.4, -0.2) is 58.2 Å². The fraction of sp³-hybridized carbons (Fsp3) is 0.333. The van der Waals surface area contributed by atoms with Crippen molar-refractivity contribution in [2.75, 3.05) is 24.5 Å². The van der Waals surface area contributed by atoms with Crippen molar-refractivity contribution >= 4 is 35.1 Å². The first-order chi connectivity index (χ1) is 17.9. The average molecular weight is 523 g/mol. The summed E-state index contributed by atoms with van der Waals surface area (Å²) in [6, 6.07) is 13.8. The van der Waals surface area contributed by atoms with Gasteiger partial charge in [-0.3, -0.25) is 9.59 Å². The number of hydrogen-bond donors (Lipinski definition) is 2. The molecular weight excluding hydrogens is 492 g/mol. The Bertz CT molecular complexity index is 1260. The number of aromatic nitrogens is 2. The van der Waals surface area contributed by atoms with Gasteiger partial charge in [0.25, 0.3) is 5.91 Å². The van der Waals surface area contributed by atoms with Gasteiger partial charge >= 0.3 is 6.03 Å². The highest BCUT2D eigenvalue weighted by Crippen LogP contribution is 2.30. The topological polar surface area (TPSA) is 99.6 Å². The van der Waals surface area contributed by atoms with Crippen molar-refractivity contribution in [3.05, 3.63) is 77.1 Å². The number of amides is 4. The summed E-state index contributed by atoms with van der Waals surface area (Å²) in [5.41, 5.74) is 2.66. The highest BCUT2D eigenvalue weighted by atomic mass is 35.5. The molecule has 3 aromatic rings. The third-order valence-corrected chi connectivity index (χ3v) is 6.63. The van der Waals surface area contributed by atoms with Gasteiger partial charge in [-0.25, -0.2) is 9.48 Å². The minimum atomic E-state index is -0.358. The van der Waals surface area contributed by atoms with Gasteiger partial charge < -0.3 is 20.4 Å². The average Bonchev–Trinajstić information content (AvgIpc) is 3.39. The summed E-state index contributed by atoms with van der Waals surface area (Å²) in [7, 11) is 0. The molecule has 194 valence electrons. The fourth-order valence-corrected chi connectivity index (χ4v) is 4.54. The van der Waals surface area contributed by atoms with Crippen molar-refractivity contribution in [2.24, 2.45) is 0 Å². The Hall–Kier alpha value is -3.85. The molecule has 2 heterocycles. The second-order valence-corrected chi connectivity index (χ2v) is 9.41. The number of para-hydroxylation sites is 1. The Morgan fingerprint density at radius 3 is 2.65 bits per heavy atom. The molecule has 4 rings (SSSR count). The predicted molar refractivity (Wildman–Crippen MR) is 143 cm³/mol. The van der Waals surface area contributed by atoms with E-state index in [-0.39, 0.29) is 37.0 Å². The molecule has 0 saturated heterocycles. The number of nitrogens with zero attached hydrogens (tertiary/aromatic N) is 4. The van der Waals surface area contributed by atoms with Crippen LogP contribution in [0, 0.1) is 0 Å². The number of unbranched alkanes of at least 4 members (excludes halogenated alkanes) is 1. The molecule has 0 saturated carbocycles. The molecule has 1 aliphatic rings. The summed E-state index contributed by atoms with van der Waals surface area (Å²) in [5, 5.41) is 10.0. The zero-order chi connectivity index (χ0) is 26.4. The van der Waals surface area contributed by atoms with Crippen LogP contribution in [0.4, 0.5) is 10.5 Å². The lowest BCUT2D eigenvalue weighted by Gasteiger charge is -2.29. The number of halogens is 1. The number of rotatable bonds is 7. The summed E-state index contributed by atoms with van der Waals surface area (Å²) in [6.07, 6.45) is 5.34. The van der Waals surface area contributed by atoms with Crippen molar-refractivity contribution in [1.82, 2.24) is 25.3 Å². The number of benzene rings is 2. The van der Waals surface area contributed by atoms with E-state index >= 15 is 0 Å². The van der Waals surface area contributed by atoms with E-state index in [1.54, 1.807) is 45.1 Å². The van der Waals surface area contributed by atoms with Gasteiger partial charge in [0.05, 0.1) is 22.8 Å². The van der Waals surface area contributed by atoms with Gasteiger partial charge in [0.15, 0.2) is 0 Å². The quantitative estimate of drug-likeness (QED) is 0.458. The van der Waals surface area contributed by atoms with E-state index < -0.39 is 0 Å². The second-order valence-electron chi connectivity index (χ2n) is 9.00. The first-order valence-corrected chi connectivity index (χ1v) is 12.8. The smallest absolute Gasteiger partial charge is 0.318 e. The Kier molecular flexibility index (Phi) is 8.45. The number of urea groups is 1. The van der Waals surface area contributed by atoms with E-state index in [9.17, 15) is 14.4 Å². The van der Waals surface area contributed by atoms with E-state index in [4.69, 9.17) is 11.6 Å². The van der Waals surface area contributed by atoms with Crippen LogP contribution >= 0.6 is 11.6 Å². The minimum Gasteiger partial charge on any atom is -0.355 e. The lowest BCUT2D eigenvalue weighted by atomic mass is 10.1. The number of carbonyl (C=O) groups is 3. The van der Waals surface area contributed by atoms with E-state index in [0.717, 1.165) is 29.8 Å². The largest absolute Gasteiger partial charge is 0.355 e. The normalized spacial score (nSPS) is 15.1. The van der Waals surface area contributed by atoms with E-state index in [1.165, 1.54) is 0 Å². The van der Waals surface area contributed by atoms with Crippen LogP contribution in [0.2, 0.25) is 5.02 Å². The lowest BCUT2D eigenvalue weighted by molar-refractivity contribution is -0.120. The minimum absolute atomic E-state index is 0.103. The molecule has 0 unspecified atom stereocenters. The first kappa shape index (κ1) is 26.2. The van der Waals surface area contributed by atoms with Gasteiger partial charge in [-0.15, -0.1) is 0 Å². The maximum absolute atomic E-state index is 13.7. The predicted octanol–water partition coefficient (Wildman–Crippen LogP) is 4.00. The van der Waals surface area contributed by atoms with Gasteiger partial charge in [-0.1, -0.05) is 43.1 Å². The van der Waals surface area contributed by atoms with Crippen LogP contribution in [0.1, 0.15) is 42.6 Å². The van der Waals surface area contributed by atoms with Gasteiger partial charge in [0.2, 0.25) is 5.91 Å². The highest BCUT2D eigenvalue weighted by Gasteiger charge is 2.32. The molecule has 10 heteroatoms. The molecular formula is C27H31ClN6O3. The van der Waals surface area contributed by atoms with Crippen LogP contribution in [0.3, 0.4) is 0 Å². The Labute approximate surface area is 221 Å². The molecule has 0 fully saturated rings. The van der Waals surface area contributed by atoms with Crippen molar-refractivity contribution in [3.63, 3.8) is 0 Å². The molecule has 0 bridgehead atoms. The van der Waals surface area contributed by atoms with Crippen molar-refractivity contribution in [2.45, 2.75) is 39.3 Å². The number of hydrogen-bond acceptors (Lipinski definition) is 4. The van der Waals surface area contributed by atoms with Crippen molar-refractivity contribution in [3.8, 4) is 5.69 Å². The summed E-state index contributed by atoms with van der Waals surface area (Å²) in [6.45, 7) is 4.98. The molecule has 2 aromatic carbocycles. The zero-order valence-corrected chi connectivity index (χ0v) is 21.7. The maximum Gasteiger partial charge on any atom is 0.318 e. The Morgan fingerprint density at radius 1 is 1.11 bits per heavy atom. The van der Waals surface area contributed by atoms with Crippen molar-refractivity contribution in [1.29, 1.82) is 0 Å². The summed E-state index contributed by atoms with van der Waals surface area (Å²) in [4.78, 5) is 42.2. The number of anilines is 1. The summed E-state index contributed by atoms with van der Waals surface area (Å²) >= 11 is 6.56.